The lowest BCUT2D eigenvalue weighted by atomic mass is 9.92. The first-order chi connectivity index (χ1) is 9.31. The van der Waals surface area contributed by atoms with Crippen molar-refractivity contribution in [2.24, 2.45) is 0 Å². The molecule has 1 aliphatic heterocycles. The van der Waals surface area contributed by atoms with Crippen molar-refractivity contribution in [3.63, 3.8) is 0 Å². The van der Waals surface area contributed by atoms with Crippen molar-refractivity contribution >= 4 is 0 Å². The maximum absolute atomic E-state index is 11.7. The molecule has 19 heavy (non-hydrogen) atoms. The molecule has 1 saturated heterocycles. The van der Waals surface area contributed by atoms with Crippen molar-refractivity contribution in [1.82, 2.24) is 14.8 Å². The van der Waals surface area contributed by atoms with E-state index in [0.717, 1.165) is 6.42 Å². The number of H-pyrrole nitrogens is 1. The van der Waals surface area contributed by atoms with Crippen LogP contribution in [-0.2, 0) is 11.3 Å². The van der Waals surface area contributed by atoms with Crippen molar-refractivity contribution < 1.29 is 4.74 Å². The predicted molar refractivity (Wildman–Crippen MR) is 71.0 cm³/mol. The normalized spacial score (nSPS) is 22.8. The van der Waals surface area contributed by atoms with Crippen molar-refractivity contribution in [3.8, 4) is 0 Å². The van der Waals surface area contributed by atoms with Gasteiger partial charge in [-0.3, -0.25) is 4.57 Å². The summed E-state index contributed by atoms with van der Waals surface area (Å²) in [6.45, 7) is 3.24. The number of hydrogen-bond donors (Lipinski definition) is 1. The second kappa shape index (κ2) is 5.01. The van der Waals surface area contributed by atoms with Crippen LogP contribution in [0, 0.1) is 0 Å². The van der Waals surface area contributed by atoms with Gasteiger partial charge in [-0.15, -0.1) is 0 Å². The summed E-state index contributed by atoms with van der Waals surface area (Å²) in [4.78, 5) is 11.7. The third-order valence-electron chi connectivity index (χ3n) is 3.68. The number of nitrogens with one attached hydrogen (secondary N) is 1. The lowest BCUT2D eigenvalue weighted by Gasteiger charge is -2.18. The predicted octanol–water partition coefficient (Wildman–Crippen LogP) is 1.84. The third kappa shape index (κ3) is 2.10. The number of ether oxygens (including phenoxy) is 1. The van der Waals surface area contributed by atoms with Crippen molar-refractivity contribution in [2.45, 2.75) is 31.9 Å². The summed E-state index contributed by atoms with van der Waals surface area (Å²) in [5.74, 6) is 0.973. The van der Waals surface area contributed by atoms with Crippen LogP contribution in [0.2, 0.25) is 0 Å². The van der Waals surface area contributed by atoms with Crippen LogP contribution in [0.25, 0.3) is 0 Å². The second-order valence-corrected chi connectivity index (χ2v) is 4.73. The molecule has 5 nitrogen and oxygen atoms in total. The van der Waals surface area contributed by atoms with Crippen LogP contribution in [0.15, 0.2) is 35.1 Å². The highest BCUT2D eigenvalue weighted by Crippen LogP contribution is 2.40. The molecule has 0 aliphatic carbocycles. The highest BCUT2D eigenvalue weighted by atomic mass is 16.5. The molecule has 3 rings (SSSR count). The number of benzene rings is 1. The lowest BCUT2D eigenvalue weighted by Crippen LogP contribution is -2.20. The van der Waals surface area contributed by atoms with Gasteiger partial charge < -0.3 is 4.74 Å². The van der Waals surface area contributed by atoms with Crippen LogP contribution in [-0.4, -0.2) is 21.4 Å². The van der Waals surface area contributed by atoms with E-state index in [-0.39, 0.29) is 17.7 Å². The van der Waals surface area contributed by atoms with Gasteiger partial charge in [-0.1, -0.05) is 30.3 Å². The van der Waals surface area contributed by atoms with Crippen LogP contribution in [0.3, 0.4) is 0 Å². The SMILES string of the molecule is CCn1c([C@H]2OCC[C@H]2c2ccccc2)n[nH]c1=O. The van der Waals surface area contributed by atoms with Crippen LogP contribution in [0.4, 0.5) is 0 Å². The average Bonchev–Trinajstić information content (AvgIpc) is 3.05. The summed E-state index contributed by atoms with van der Waals surface area (Å²) in [5.41, 5.74) is 1.07. The van der Waals surface area contributed by atoms with Gasteiger partial charge in [0.05, 0.1) is 0 Å². The van der Waals surface area contributed by atoms with E-state index < -0.39 is 0 Å². The van der Waals surface area contributed by atoms with Crippen LogP contribution in [0.1, 0.15) is 36.8 Å². The molecule has 1 aliphatic rings. The van der Waals surface area contributed by atoms with Crippen molar-refractivity contribution in [3.05, 3.63) is 52.2 Å². The Morgan fingerprint density at radius 1 is 1.42 bits per heavy atom. The molecule has 1 N–H and O–H groups in total. The van der Waals surface area contributed by atoms with Gasteiger partial charge in [0.15, 0.2) is 5.82 Å². The van der Waals surface area contributed by atoms with Crippen molar-refractivity contribution in [1.29, 1.82) is 0 Å². The summed E-state index contributed by atoms with van der Waals surface area (Å²) in [6.07, 6.45) is 0.820. The zero-order chi connectivity index (χ0) is 13.2. The summed E-state index contributed by atoms with van der Waals surface area (Å²) in [6, 6.07) is 10.3. The molecule has 2 heterocycles. The number of rotatable bonds is 3. The van der Waals surface area contributed by atoms with Gasteiger partial charge in [-0.2, -0.15) is 5.10 Å². The molecule has 0 saturated carbocycles. The Hall–Kier alpha value is -1.88. The zero-order valence-electron chi connectivity index (χ0n) is 10.9. The van der Waals surface area contributed by atoms with Gasteiger partial charge in [0.1, 0.15) is 6.10 Å². The molecule has 1 aromatic carbocycles. The first kappa shape index (κ1) is 12.2. The smallest absolute Gasteiger partial charge is 0.343 e. The van der Waals surface area contributed by atoms with E-state index in [4.69, 9.17) is 4.74 Å². The zero-order valence-corrected chi connectivity index (χ0v) is 10.9. The molecule has 2 aromatic rings. The number of aromatic nitrogens is 3. The fraction of sp³-hybridized carbons (Fsp3) is 0.429. The van der Waals surface area contributed by atoms with E-state index in [2.05, 4.69) is 22.3 Å². The summed E-state index contributed by atoms with van der Waals surface area (Å²) in [5, 5.41) is 6.66. The lowest BCUT2D eigenvalue weighted by molar-refractivity contribution is 0.0937. The van der Waals surface area contributed by atoms with E-state index in [1.54, 1.807) is 4.57 Å². The quantitative estimate of drug-likeness (QED) is 0.915. The first-order valence-corrected chi connectivity index (χ1v) is 6.63. The largest absolute Gasteiger partial charge is 0.370 e. The highest BCUT2D eigenvalue weighted by molar-refractivity contribution is 5.23. The maximum atomic E-state index is 11.7. The Balaban J connectivity index is 1.98. The average molecular weight is 259 g/mol. The molecular formula is C14H17N3O2. The number of aromatic amines is 1. The van der Waals surface area contributed by atoms with Gasteiger partial charge in [-0.25, -0.2) is 9.89 Å². The summed E-state index contributed by atoms with van der Waals surface area (Å²) < 4.78 is 7.46. The van der Waals surface area contributed by atoms with Crippen LogP contribution in [0.5, 0.6) is 0 Å². The second-order valence-electron chi connectivity index (χ2n) is 4.73. The fourth-order valence-electron chi connectivity index (χ4n) is 2.74. The molecular weight excluding hydrogens is 242 g/mol. The van der Waals surface area contributed by atoms with Gasteiger partial charge in [0.25, 0.3) is 0 Å². The molecule has 100 valence electrons. The van der Waals surface area contributed by atoms with Crippen LogP contribution < -0.4 is 5.69 Å². The van der Waals surface area contributed by atoms with Gasteiger partial charge in [-0.05, 0) is 18.9 Å². The maximum Gasteiger partial charge on any atom is 0.343 e. The monoisotopic (exact) mass is 259 g/mol. The van der Waals surface area contributed by atoms with E-state index in [0.29, 0.717) is 19.0 Å². The molecule has 0 amide bonds. The van der Waals surface area contributed by atoms with E-state index in [1.165, 1.54) is 5.56 Å². The van der Waals surface area contributed by atoms with E-state index in [1.807, 2.05) is 25.1 Å². The molecule has 5 heteroatoms. The molecule has 1 aromatic heterocycles. The summed E-state index contributed by atoms with van der Waals surface area (Å²) >= 11 is 0. The standard InChI is InChI=1S/C14H17N3O2/c1-2-17-13(15-16-14(17)18)12-11(8-9-19-12)10-6-4-3-5-7-10/h3-7,11-12H,2,8-9H2,1H3,(H,16,18)/t11-,12-/m0/s1. The Bertz CT molecular complexity index is 603. The third-order valence-corrected chi connectivity index (χ3v) is 3.68. The summed E-state index contributed by atoms with van der Waals surface area (Å²) in [7, 11) is 0. The first-order valence-electron chi connectivity index (χ1n) is 6.63. The Kier molecular flexibility index (Phi) is 3.21. The minimum atomic E-state index is -0.167. The van der Waals surface area contributed by atoms with E-state index >= 15 is 0 Å². The molecule has 2 atom stereocenters. The number of hydrogen-bond acceptors (Lipinski definition) is 3. The molecule has 0 bridgehead atoms. The number of nitrogens with zero attached hydrogens (tertiary/aromatic N) is 2. The minimum absolute atomic E-state index is 0.138. The van der Waals surface area contributed by atoms with Gasteiger partial charge in [0.2, 0.25) is 0 Å². The minimum Gasteiger partial charge on any atom is -0.370 e. The van der Waals surface area contributed by atoms with E-state index in [9.17, 15) is 4.79 Å². The molecule has 1 fully saturated rings. The Labute approximate surface area is 111 Å². The molecule has 0 unspecified atom stereocenters. The van der Waals surface area contributed by atoms with Crippen molar-refractivity contribution in [2.75, 3.05) is 6.61 Å². The Morgan fingerprint density at radius 2 is 2.21 bits per heavy atom. The molecule has 0 spiro atoms. The Morgan fingerprint density at radius 3 is 2.95 bits per heavy atom. The van der Waals surface area contributed by atoms with Gasteiger partial charge >= 0.3 is 5.69 Å². The van der Waals surface area contributed by atoms with Gasteiger partial charge in [0, 0.05) is 19.1 Å². The molecule has 0 radical (unpaired) electrons. The highest BCUT2D eigenvalue weighted by Gasteiger charge is 2.34. The topological polar surface area (TPSA) is 59.9 Å². The van der Waals surface area contributed by atoms with Crippen LogP contribution >= 0.6 is 0 Å². The fourth-order valence-corrected chi connectivity index (χ4v) is 2.74.